The van der Waals surface area contributed by atoms with Gasteiger partial charge in [0.15, 0.2) is 0 Å². The molecule has 2 N–H and O–H groups in total. The molecule has 19 heavy (non-hydrogen) atoms. The number of anilines is 1. The fourth-order valence-corrected chi connectivity index (χ4v) is 3.71. The second-order valence-corrected chi connectivity index (χ2v) is 7.19. The fourth-order valence-electron chi connectivity index (χ4n) is 1.78. The maximum absolute atomic E-state index is 12.1. The molecular formula is C13H8Br2N2OS. The normalized spacial score (nSPS) is 10.8. The van der Waals surface area contributed by atoms with Crippen LogP contribution in [0.3, 0.4) is 0 Å². The standard InChI is InChI=1S/C13H8Br2N2OS/c14-9-6-11(19-12(9)15)13(18)17-8-1-2-10-7(5-8)3-4-16-10/h1-6,16H,(H,17,18). The molecule has 0 fully saturated rings. The van der Waals surface area contributed by atoms with Gasteiger partial charge in [0, 0.05) is 27.3 Å². The molecule has 1 aromatic carbocycles. The summed E-state index contributed by atoms with van der Waals surface area (Å²) < 4.78 is 1.81. The Morgan fingerprint density at radius 3 is 2.79 bits per heavy atom. The lowest BCUT2D eigenvalue weighted by atomic mass is 10.2. The molecule has 0 unspecified atom stereocenters. The molecule has 0 aliphatic carbocycles. The van der Waals surface area contributed by atoms with E-state index >= 15 is 0 Å². The Hall–Kier alpha value is -1.11. The van der Waals surface area contributed by atoms with E-state index in [1.54, 1.807) is 6.07 Å². The first-order valence-corrected chi connectivity index (χ1v) is 7.87. The molecule has 2 heterocycles. The lowest BCUT2D eigenvalue weighted by Gasteiger charge is -2.03. The lowest BCUT2D eigenvalue weighted by Crippen LogP contribution is -2.09. The molecule has 0 radical (unpaired) electrons. The molecule has 6 heteroatoms. The molecule has 3 nitrogen and oxygen atoms in total. The van der Waals surface area contributed by atoms with Crippen molar-refractivity contribution in [3.63, 3.8) is 0 Å². The number of nitrogens with one attached hydrogen (secondary N) is 2. The SMILES string of the molecule is O=C(Nc1ccc2[nH]ccc2c1)c1cc(Br)c(Br)s1. The third-order valence-electron chi connectivity index (χ3n) is 2.68. The Morgan fingerprint density at radius 1 is 1.21 bits per heavy atom. The summed E-state index contributed by atoms with van der Waals surface area (Å²) in [6.07, 6.45) is 1.88. The summed E-state index contributed by atoms with van der Waals surface area (Å²) in [6, 6.07) is 9.56. The van der Waals surface area contributed by atoms with Crippen molar-refractivity contribution in [2.45, 2.75) is 0 Å². The van der Waals surface area contributed by atoms with Crippen molar-refractivity contribution >= 4 is 65.7 Å². The number of aromatic amines is 1. The van der Waals surface area contributed by atoms with Crippen molar-refractivity contribution in [3.8, 4) is 0 Å². The van der Waals surface area contributed by atoms with Crippen LogP contribution in [-0.4, -0.2) is 10.9 Å². The first-order chi connectivity index (χ1) is 9.13. The molecule has 0 bridgehead atoms. The predicted octanol–water partition coefficient (Wildman–Crippen LogP) is 5.01. The lowest BCUT2D eigenvalue weighted by molar-refractivity contribution is 0.103. The zero-order valence-corrected chi connectivity index (χ0v) is 13.5. The monoisotopic (exact) mass is 398 g/mol. The highest BCUT2D eigenvalue weighted by Gasteiger charge is 2.12. The van der Waals surface area contributed by atoms with Gasteiger partial charge in [-0.25, -0.2) is 0 Å². The van der Waals surface area contributed by atoms with Crippen LogP contribution in [0.4, 0.5) is 5.69 Å². The number of amides is 1. The minimum atomic E-state index is -0.105. The van der Waals surface area contributed by atoms with Crippen LogP contribution in [0.1, 0.15) is 9.67 Å². The van der Waals surface area contributed by atoms with Gasteiger partial charge in [0.05, 0.1) is 8.66 Å². The number of thiophene rings is 1. The average Bonchev–Trinajstić information content (AvgIpc) is 2.96. The molecule has 1 amide bonds. The summed E-state index contributed by atoms with van der Waals surface area (Å²) in [5.41, 5.74) is 1.84. The van der Waals surface area contributed by atoms with Crippen molar-refractivity contribution < 1.29 is 4.79 Å². The Bertz CT molecular complexity index is 743. The molecular weight excluding hydrogens is 392 g/mol. The number of hydrogen-bond acceptors (Lipinski definition) is 2. The summed E-state index contributed by atoms with van der Waals surface area (Å²) in [4.78, 5) is 15.9. The second kappa shape index (κ2) is 5.11. The zero-order valence-electron chi connectivity index (χ0n) is 9.54. The van der Waals surface area contributed by atoms with Crippen LogP contribution in [0.5, 0.6) is 0 Å². The highest BCUT2D eigenvalue weighted by molar-refractivity contribution is 9.13. The van der Waals surface area contributed by atoms with E-state index in [4.69, 9.17) is 0 Å². The van der Waals surface area contributed by atoms with Gasteiger partial charge in [-0.15, -0.1) is 11.3 Å². The van der Waals surface area contributed by atoms with Gasteiger partial charge in [0.1, 0.15) is 0 Å². The van der Waals surface area contributed by atoms with Gasteiger partial charge in [0.25, 0.3) is 5.91 Å². The smallest absolute Gasteiger partial charge is 0.265 e. The number of hydrogen-bond donors (Lipinski definition) is 2. The van der Waals surface area contributed by atoms with E-state index in [0.29, 0.717) is 4.88 Å². The van der Waals surface area contributed by atoms with Crippen LogP contribution in [0.15, 0.2) is 44.8 Å². The van der Waals surface area contributed by atoms with Gasteiger partial charge in [0.2, 0.25) is 0 Å². The topological polar surface area (TPSA) is 44.9 Å². The second-order valence-electron chi connectivity index (χ2n) is 3.97. The Morgan fingerprint density at radius 2 is 2.05 bits per heavy atom. The van der Waals surface area contributed by atoms with Crippen molar-refractivity contribution in [2.75, 3.05) is 5.32 Å². The largest absolute Gasteiger partial charge is 0.361 e. The van der Waals surface area contributed by atoms with Crippen LogP contribution in [0.2, 0.25) is 0 Å². The van der Waals surface area contributed by atoms with Crippen LogP contribution in [-0.2, 0) is 0 Å². The Kier molecular flexibility index (Phi) is 3.47. The van der Waals surface area contributed by atoms with Gasteiger partial charge in [-0.2, -0.15) is 0 Å². The summed E-state index contributed by atoms with van der Waals surface area (Å²) in [5, 5.41) is 3.97. The first kappa shape index (κ1) is 12.9. The minimum Gasteiger partial charge on any atom is -0.361 e. The molecule has 0 saturated heterocycles. The van der Waals surface area contributed by atoms with Crippen molar-refractivity contribution in [1.29, 1.82) is 0 Å². The number of aromatic nitrogens is 1. The molecule has 3 aromatic rings. The molecule has 0 aliphatic heterocycles. The quantitative estimate of drug-likeness (QED) is 0.625. The molecule has 2 aromatic heterocycles. The van der Waals surface area contributed by atoms with Crippen molar-refractivity contribution in [2.24, 2.45) is 0 Å². The molecule has 0 spiro atoms. The van der Waals surface area contributed by atoms with Gasteiger partial charge in [-0.1, -0.05) is 0 Å². The van der Waals surface area contributed by atoms with Crippen LogP contribution < -0.4 is 5.32 Å². The van der Waals surface area contributed by atoms with Gasteiger partial charge < -0.3 is 10.3 Å². The van der Waals surface area contributed by atoms with Gasteiger partial charge >= 0.3 is 0 Å². The third-order valence-corrected chi connectivity index (χ3v) is 5.94. The van der Waals surface area contributed by atoms with E-state index in [9.17, 15) is 4.79 Å². The number of fused-ring (bicyclic) bond motifs is 1. The number of carbonyl (C=O) groups is 1. The zero-order chi connectivity index (χ0) is 13.4. The van der Waals surface area contributed by atoms with Crippen molar-refractivity contribution in [1.82, 2.24) is 4.98 Å². The third kappa shape index (κ3) is 2.61. The summed E-state index contributed by atoms with van der Waals surface area (Å²) in [7, 11) is 0. The molecule has 0 aliphatic rings. The molecule has 0 atom stereocenters. The molecule has 96 valence electrons. The number of H-pyrrole nitrogens is 1. The number of carbonyl (C=O) groups excluding carboxylic acids is 1. The van der Waals surface area contributed by atoms with E-state index in [0.717, 1.165) is 24.8 Å². The summed E-state index contributed by atoms with van der Waals surface area (Å²) >= 11 is 8.16. The number of halogens is 2. The summed E-state index contributed by atoms with van der Waals surface area (Å²) in [6.45, 7) is 0. The highest BCUT2D eigenvalue weighted by atomic mass is 79.9. The van der Waals surface area contributed by atoms with Crippen LogP contribution in [0.25, 0.3) is 10.9 Å². The van der Waals surface area contributed by atoms with Gasteiger partial charge in [-0.3, -0.25) is 4.79 Å². The molecule has 0 saturated carbocycles. The van der Waals surface area contributed by atoms with E-state index in [2.05, 4.69) is 42.2 Å². The first-order valence-electron chi connectivity index (χ1n) is 5.47. The maximum atomic E-state index is 12.1. The van der Waals surface area contributed by atoms with E-state index in [-0.39, 0.29) is 5.91 Å². The number of rotatable bonds is 2. The molecule has 3 rings (SSSR count). The predicted molar refractivity (Wildman–Crippen MR) is 86.0 cm³/mol. The summed E-state index contributed by atoms with van der Waals surface area (Å²) in [5.74, 6) is -0.105. The average molecular weight is 400 g/mol. The van der Waals surface area contributed by atoms with E-state index in [1.165, 1.54) is 11.3 Å². The van der Waals surface area contributed by atoms with Crippen LogP contribution >= 0.6 is 43.2 Å². The fraction of sp³-hybridized carbons (Fsp3) is 0. The Labute approximate surface area is 130 Å². The number of benzene rings is 1. The highest BCUT2D eigenvalue weighted by Crippen LogP contribution is 2.32. The van der Waals surface area contributed by atoms with E-state index in [1.807, 2.05) is 30.5 Å². The van der Waals surface area contributed by atoms with E-state index < -0.39 is 0 Å². The van der Waals surface area contributed by atoms with Crippen LogP contribution in [0, 0.1) is 0 Å². The van der Waals surface area contributed by atoms with Gasteiger partial charge in [-0.05, 0) is 62.2 Å². The Balaban J connectivity index is 1.85. The van der Waals surface area contributed by atoms with Crippen molar-refractivity contribution in [3.05, 3.63) is 49.7 Å². The minimum absolute atomic E-state index is 0.105. The maximum Gasteiger partial charge on any atom is 0.265 e.